The van der Waals surface area contributed by atoms with E-state index >= 15 is 0 Å². The monoisotopic (exact) mass is 326 g/mol. The first-order valence-corrected chi connectivity index (χ1v) is 8.36. The Morgan fingerprint density at radius 1 is 1.26 bits per heavy atom. The maximum atomic E-state index is 12.2. The van der Waals surface area contributed by atoms with Crippen LogP contribution in [0.3, 0.4) is 0 Å². The number of benzene rings is 1. The van der Waals surface area contributed by atoms with Crippen LogP contribution in [0.1, 0.15) is 28.8 Å². The number of nitrogens with zero attached hydrogens (tertiary/aromatic N) is 3. The highest BCUT2D eigenvalue weighted by atomic mass is 32.1. The average Bonchev–Trinajstić information content (AvgIpc) is 3.20. The van der Waals surface area contributed by atoms with Gasteiger partial charge in [-0.3, -0.25) is 9.48 Å². The second-order valence-corrected chi connectivity index (χ2v) is 6.05. The number of carbonyl (C=O) groups is 1. The topological polar surface area (TPSA) is 59.8 Å². The Labute approximate surface area is 139 Å². The summed E-state index contributed by atoms with van der Waals surface area (Å²) < 4.78 is 1.62. The van der Waals surface area contributed by atoms with E-state index in [0.29, 0.717) is 12.2 Å². The average molecular weight is 326 g/mol. The predicted octanol–water partition coefficient (Wildman–Crippen LogP) is 3.04. The van der Waals surface area contributed by atoms with Crippen LogP contribution in [-0.2, 0) is 20.0 Å². The van der Waals surface area contributed by atoms with Crippen molar-refractivity contribution in [2.45, 2.75) is 19.9 Å². The minimum Gasteiger partial charge on any atom is -0.345 e. The number of rotatable bonds is 5. The third kappa shape index (κ3) is 3.48. The molecule has 1 aromatic carbocycles. The Kier molecular flexibility index (Phi) is 4.52. The van der Waals surface area contributed by atoms with Crippen molar-refractivity contribution in [1.82, 2.24) is 20.1 Å². The first-order valence-electron chi connectivity index (χ1n) is 7.48. The molecule has 0 saturated carbocycles. The molecule has 0 radical (unpaired) electrons. The molecular formula is C17H18N4OS. The molecule has 2 aromatic heterocycles. The van der Waals surface area contributed by atoms with Crippen LogP contribution in [0.25, 0.3) is 10.6 Å². The quantitative estimate of drug-likeness (QED) is 0.784. The van der Waals surface area contributed by atoms with Crippen LogP contribution in [0.4, 0.5) is 0 Å². The van der Waals surface area contributed by atoms with Crippen molar-refractivity contribution in [1.29, 1.82) is 0 Å². The van der Waals surface area contributed by atoms with Crippen LogP contribution < -0.4 is 5.32 Å². The number of amides is 1. The van der Waals surface area contributed by atoms with Crippen LogP contribution in [-0.4, -0.2) is 20.7 Å². The summed E-state index contributed by atoms with van der Waals surface area (Å²) in [4.78, 5) is 16.8. The molecule has 3 rings (SSSR count). The highest BCUT2D eigenvalue weighted by Crippen LogP contribution is 2.23. The number of aryl methyl sites for hydroxylation is 2. The Hall–Kier alpha value is -2.47. The fourth-order valence-corrected chi connectivity index (χ4v) is 3.10. The molecule has 0 spiro atoms. The molecule has 0 bridgehead atoms. The van der Waals surface area contributed by atoms with Gasteiger partial charge in [0.25, 0.3) is 5.91 Å². The molecule has 0 fully saturated rings. The zero-order valence-electron chi connectivity index (χ0n) is 13.1. The summed E-state index contributed by atoms with van der Waals surface area (Å²) in [6, 6.07) is 11.9. The van der Waals surface area contributed by atoms with Crippen LogP contribution in [0, 0.1) is 0 Å². The molecule has 1 amide bonds. The van der Waals surface area contributed by atoms with Crippen molar-refractivity contribution in [3.8, 4) is 10.6 Å². The van der Waals surface area contributed by atoms with Crippen LogP contribution in [0.5, 0.6) is 0 Å². The summed E-state index contributed by atoms with van der Waals surface area (Å²) in [5.41, 5.74) is 3.44. The van der Waals surface area contributed by atoms with Crippen molar-refractivity contribution < 1.29 is 4.79 Å². The first-order chi connectivity index (χ1) is 11.2. The van der Waals surface area contributed by atoms with Crippen molar-refractivity contribution in [2.75, 3.05) is 0 Å². The fourth-order valence-electron chi connectivity index (χ4n) is 2.27. The van der Waals surface area contributed by atoms with E-state index in [1.807, 2.05) is 48.7 Å². The fraction of sp³-hybridized carbons (Fsp3) is 0.235. The van der Waals surface area contributed by atoms with Gasteiger partial charge >= 0.3 is 0 Å². The lowest BCUT2D eigenvalue weighted by molar-refractivity contribution is 0.0941. The van der Waals surface area contributed by atoms with E-state index in [2.05, 4.69) is 15.4 Å². The minimum atomic E-state index is -0.131. The summed E-state index contributed by atoms with van der Waals surface area (Å²) >= 11 is 1.58. The van der Waals surface area contributed by atoms with E-state index in [0.717, 1.165) is 28.4 Å². The van der Waals surface area contributed by atoms with Gasteiger partial charge in [0.1, 0.15) is 10.7 Å². The molecule has 2 heterocycles. The van der Waals surface area contributed by atoms with E-state index in [1.165, 1.54) is 0 Å². The number of hydrogen-bond donors (Lipinski definition) is 1. The highest BCUT2D eigenvalue weighted by Gasteiger charge is 2.13. The summed E-state index contributed by atoms with van der Waals surface area (Å²) in [7, 11) is 1.78. The number of carbonyl (C=O) groups excluding carboxylic acids is 1. The number of nitrogens with one attached hydrogen (secondary N) is 1. The number of thiazole rings is 1. The molecule has 23 heavy (non-hydrogen) atoms. The summed E-state index contributed by atoms with van der Waals surface area (Å²) in [5, 5.41) is 10.1. The van der Waals surface area contributed by atoms with Gasteiger partial charge in [0.05, 0.1) is 17.9 Å². The Balaban J connectivity index is 1.65. The smallest absolute Gasteiger partial charge is 0.269 e. The van der Waals surface area contributed by atoms with Crippen LogP contribution in [0.15, 0.2) is 41.8 Å². The molecule has 118 valence electrons. The lowest BCUT2D eigenvalue weighted by atomic mass is 10.2. The Morgan fingerprint density at radius 2 is 2.04 bits per heavy atom. The Morgan fingerprint density at radius 3 is 2.74 bits per heavy atom. The molecule has 6 heteroatoms. The van der Waals surface area contributed by atoms with E-state index in [-0.39, 0.29) is 5.91 Å². The van der Waals surface area contributed by atoms with E-state index in [1.54, 1.807) is 23.1 Å². The highest BCUT2D eigenvalue weighted by molar-refractivity contribution is 7.13. The van der Waals surface area contributed by atoms with Gasteiger partial charge in [-0.2, -0.15) is 5.10 Å². The second-order valence-electron chi connectivity index (χ2n) is 5.19. The van der Waals surface area contributed by atoms with Crippen molar-refractivity contribution in [3.05, 3.63) is 58.9 Å². The van der Waals surface area contributed by atoms with E-state index in [9.17, 15) is 4.79 Å². The van der Waals surface area contributed by atoms with Gasteiger partial charge in [-0.1, -0.05) is 37.3 Å². The first kappa shape index (κ1) is 15.4. The molecule has 0 atom stereocenters. The predicted molar refractivity (Wildman–Crippen MR) is 91.3 cm³/mol. The normalized spacial score (nSPS) is 10.7. The molecule has 0 aliphatic carbocycles. The summed E-state index contributed by atoms with van der Waals surface area (Å²) in [6.07, 6.45) is 0.813. The third-order valence-corrected chi connectivity index (χ3v) is 4.47. The molecule has 0 unspecified atom stereocenters. The van der Waals surface area contributed by atoms with Crippen molar-refractivity contribution >= 4 is 17.2 Å². The van der Waals surface area contributed by atoms with Crippen molar-refractivity contribution in [2.24, 2.45) is 7.05 Å². The Bertz CT molecular complexity index is 807. The molecular weight excluding hydrogens is 308 g/mol. The van der Waals surface area contributed by atoms with Gasteiger partial charge in [-0.05, 0) is 12.5 Å². The molecule has 0 saturated heterocycles. The SMILES string of the molecule is CCc1cc(C(=O)NCc2csc(-c3ccccc3)n2)n(C)n1. The molecule has 5 nitrogen and oxygen atoms in total. The lowest BCUT2D eigenvalue weighted by Crippen LogP contribution is -2.25. The molecule has 1 N–H and O–H groups in total. The van der Waals surface area contributed by atoms with E-state index in [4.69, 9.17) is 0 Å². The van der Waals surface area contributed by atoms with E-state index < -0.39 is 0 Å². The molecule has 3 aromatic rings. The van der Waals surface area contributed by atoms with Gasteiger partial charge < -0.3 is 5.32 Å². The second kappa shape index (κ2) is 6.75. The number of aromatic nitrogens is 3. The van der Waals surface area contributed by atoms with Crippen molar-refractivity contribution in [3.63, 3.8) is 0 Å². The third-order valence-electron chi connectivity index (χ3n) is 3.53. The standard InChI is InChI=1S/C17H18N4OS/c1-3-13-9-15(21(2)20-13)16(22)18-10-14-11-23-17(19-14)12-7-5-4-6-8-12/h4-9,11H,3,10H2,1-2H3,(H,18,22). The minimum absolute atomic E-state index is 0.131. The summed E-state index contributed by atoms with van der Waals surface area (Å²) in [5.74, 6) is -0.131. The van der Waals surface area contributed by atoms with Crippen LogP contribution >= 0.6 is 11.3 Å². The summed E-state index contributed by atoms with van der Waals surface area (Å²) in [6.45, 7) is 2.43. The van der Waals surface area contributed by atoms with Gasteiger partial charge in [0.15, 0.2) is 0 Å². The molecule has 0 aliphatic heterocycles. The van der Waals surface area contributed by atoms with Gasteiger partial charge in [0.2, 0.25) is 0 Å². The van der Waals surface area contributed by atoms with Gasteiger partial charge in [0, 0.05) is 18.0 Å². The maximum absolute atomic E-state index is 12.2. The van der Waals surface area contributed by atoms with Crippen LogP contribution in [0.2, 0.25) is 0 Å². The maximum Gasteiger partial charge on any atom is 0.269 e. The van der Waals surface area contributed by atoms with Gasteiger partial charge in [-0.25, -0.2) is 4.98 Å². The molecule has 0 aliphatic rings. The number of hydrogen-bond acceptors (Lipinski definition) is 4. The largest absolute Gasteiger partial charge is 0.345 e. The zero-order chi connectivity index (χ0) is 16.2. The zero-order valence-corrected chi connectivity index (χ0v) is 13.9. The van der Waals surface area contributed by atoms with Gasteiger partial charge in [-0.15, -0.1) is 11.3 Å². The lowest BCUT2D eigenvalue weighted by Gasteiger charge is -2.03.